The lowest BCUT2D eigenvalue weighted by atomic mass is 10.1. The number of amides is 1. The van der Waals surface area contributed by atoms with Gasteiger partial charge in [0.2, 0.25) is 5.91 Å². The first kappa shape index (κ1) is 11.8. The number of hydrogen-bond acceptors (Lipinski definition) is 2. The van der Waals surface area contributed by atoms with Gasteiger partial charge < -0.3 is 10.0 Å². The van der Waals surface area contributed by atoms with Gasteiger partial charge in [0.05, 0.1) is 0 Å². The van der Waals surface area contributed by atoms with Crippen LogP contribution < -0.4 is 0 Å². The van der Waals surface area contributed by atoms with Crippen molar-refractivity contribution in [2.24, 2.45) is 0 Å². The highest BCUT2D eigenvalue weighted by Crippen LogP contribution is 2.11. The zero-order valence-corrected chi connectivity index (χ0v) is 8.82. The molecule has 0 radical (unpaired) electrons. The van der Waals surface area contributed by atoms with Crippen molar-refractivity contribution in [3.63, 3.8) is 0 Å². The quantitative estimate of drug-likeness (QED) is 0.718. The van der Waals surface area contributed by atoms with Gasteiger partial charge in [0, 0.05) is 25.6 Å². The van der Waals surface area contributed by atoms with E-state index >= 15 is 0 Å². The molecule has 1 aliphatic rings. The molecule has 0 aromatic heterocycles. The van der Waals surface area contributed by atoms with Gasteiger partial charge in [-0.15, -0.1) is 0 Å². The summed E-state index contributed by atoms with van der Waals surface area (Å²) in [5.41, 5.74) is 0. The molecule has 1 rings (SSSR count). The lowest BCUT2D eigenvalue weighted by Gasteiger charge is -2.23. The van der Waals surface area contributed by atoms with Gasteiger partial charge in [-0.1, -0.05) is 18.9 Å². The smallest absolute Gasteiger partial charge is 0.328 e. The average molecular weight is 211 g/mol. The fourth-order valence-electron chi connectivity index (χ4n) is 1.69. The van der Waals surface area contributed by atoms with Gasteiger partial charge in [-0.2, -0.15) is 0 Å². The molecule has 0 atom stereocenters. The highest BCUT2D eigenvalue weighted by Gasteiger charge is 2.13. The molecule has 1 N–H and O–H groups in total. The Labute approximate surface area is 89.6 Å². The molecular weight excluding hydrogens is 194 g/mol. The molecule has 0 aromatic rings. The highest BCUT2D eigenvalue weighted by atomic mass is 16.4. The maximum Gasteiger partial charge on any atom is 0.328 e. The van der Waals surface area contributed by atoms with Crippen LogP contribution in [0.4, 0.5) is 0 Å². The summed E-state index contributed by atoms with van der Waals surface area (Å²) >= 11 is 0. The first-order valence-electron chi connectivity index (χ1n) is 5.37. The summed E-state index contributed by atoms with van der Waals surface area (Å²) in [7, 11) is 0. The van der Waals surface area contributed by atoms with E-state index in [1.54, 1.807) is 4.90 Å². The van der Waals surface area contributed by atoms with Crippen molar-refractivity contribution in [1.29, 1.82) is 0 Å². The van der Waals surface area contributed by atoms with Crippen LogP contribution in [0.25, 0.3) is 0 Å². The first-order chi connectivity index (χ1) is 7.20. The third-order valence-corrected chi connectivity index (χ3v) is 2.51. The zero-order valence-electron chi connectivity index (χ0n) is 8.82. The Bertz CT molecular complexity index is 261. The van der Waals surface area contributed by atoms with Crippen molar-refractivity contribution in [2.45, 2.75) is 32.1 Å². The Kier molecular flexibility index (Phi) is 4.87. The minimum atomic E-state index is -0.963. The Balaban J connectivity index is 2.42. The molecular formula is C11H17NO3. The van der Waals surface area contributed by atoms with Crippen molar-refractivity contribution in [1.82, 2.24) is 4.90 Å². The second-order valence-electron chi connectivity index (χ2n) is 3.74. The summed E-state index contributed by atoms with van der Waals surface area (Å²) in [6.45, 7) is 1.17. The molecule has 4 heteroatoms. The fourth-order valence-corrected chi connectivity index (χ4v) is 1.69. The molecule has 0 saturated carbocycles. The summed E-state index contributed by atoms with van der Waals surface area (Å²) in [4.78, 5) is 23.6. The second-order valence-corrected chi connectivity index (χ2v) is 3.74. The van der Waals surface area contributed by atoms with Crippen LogP contribution in [0.2, 0.25) is 0 Å². The van der Waals surface area contributed by atoms with Gasteiger partial charge in [0.15, 0.2) is 0 Å². The molecule has 1 aliphatic heterocycles. The zero-order chi connectivity index (χ0) is 11.1. The number of carbonyl (C=O) groups excluding carboxylic acids is 1. The number of aliphatic carboxylic acids is 1. The first-order valence-corrected chi connectivity index (χ1v) is 5.37. The van der Waals surface area contributed by atoms with E-state index in [2.05, 4.69) is 0 Å². The topological polar surface area (TPSA) is 57.6 Å². The van der Waals surface area contributed by atoms with E-state index in [-0.39, 0.29) is 5.91 Å². The summed E-state index contributed by atoms with van der Waals surface area (Å²) in [5, 5.41) is 8.42. The standard InChI is InChI=1S/C11H17NO3/c13-10-6-3-1-2-4-8-12(10)9-5-7-11(14)15/h5,7H,1-4,6,8-9H2,(H,14,15). The van der Waals surface area contributed by atoms with Crippen LogP contribution in [0, 0.1) is 0 Å². The number of rotatable bonds is 3. The number of carboxylic acids is 1. The number of nitrogens with zero attached hydrogens (tertiary/aromatic N) is 1. The van der Waals surface area contributed by atoms with Crippen molar-refractivity contribution >= 4 is 11.9 Å². The van der Waals surface area contributed by atoms with E-state index in [4.69, 9.17) is 5.11 Å². The Morgan fingerprint density at radius 1 is 1.33 bits per heavy atom. The van der Waals surface area contributed by atoms with Crippen molar-refractivity contribution in [3.8, 4) is 0 Å². The molecule has 4 nitrogen and oxygen atoms in total. The molecule has 84 valence electrons. The predicted octanol–water partition coefficient (Wildman–Crippen LogP) is 1.42. The average Bonchev–Trinajstić information content (AvgIpc) is 2.16. The van der Waals surface area contributed by atoms with Crippen LogP contribution in [0.5, 0.6) is 0 Å². The van der Waals surface area contributed by atoms with E-state index < -0.39 is 5.97 Å². The van der Waals surface area contributed by atoms with Gasteiger partial charge in [0.25, 0.3) is 0 Å². The molecule has 1 amide bonds. The van der Waals surface area contributed by atoms with Gasteiger partial charge >= 0.3 is 5.97 Å². The summed E-state index contributed by atoms with van der Waals surface area (Å²) in [5.74, 6) is -0.820. The number of carboxylic acid groups (broad SMARTS) is 1. The van der Waals surface area contributed by atoms with Gasteiger partial charge in [-0.25, -0.2) is 4.79 Å². The van der Waals surface area contributed by atoms with Crippen molar-refractivity contribution in [2.75, 3.05) is 13.1 Å². The van der Waals surface area contributed by atoms with Gasteiger partial charge in [-0.05, 0) is 12.8 Å². The largest absolute Gasteiger partial charge is 0.478 e. The maximum absolute atomic E-state index is 11.6. The number of likely N-dealkylation sites (tertiary alicyclic amines) is 1. The van der Waals surface area contributed by atoms with E-state index in [1.807, 2.05) is 0 Å². The maximum atomic E-state index is 11.6. The lowest BCUT2D eigenvalue weighted by Crippen LogP contribution is -2.33. The van der Waals surface area contributed by atoms with Crippen LogP contribution in [0.1, 0.15) is 32.1 Å². The minimum Gasteiger partial charge on any atom is -0.478 e. The van der Waals surface area contributed by atoms with E-state index in [0.29, 0.717) is 13.0 Å². The van der Waals surface area contributed by atoms with E-state index in [0.717, 1.165) is 38.3 Å². The summed E-state index contributed by atoms with van der Waals surface area (Å²) in [6.07, 6.45) is 7.48. The fraction of sp³-hybridized carbons (Fsp3) is 0.636. The minimum absolute atomic E-state index is 0.143. The molecule has 0 aliphatic carbocycles. The molecule has 1 saturated heterocycles. The van der Waals surface area contributed by atoms with Gasteiger partial charge in [0.1, 0.15) is 0 Å². The summed E-state index contributed by atoms with van der Waals surface area (Å²) in [6, 6.07) is 0. The van der Waals surface area contributed by atoms with E-state index in [9.17, 15) is 9.59 Å². The second kappa shape index (κ2) is 6.22. The van der Waals surface area contributed by atoms with Crippen LogP contribution in [0.15, 0.2) is 12.2 Å². The molecule has 0 spiro atoms. The highest BCUT2D eigenvalue weighted by molar-refractivity contribution is 5.80. The molecule has 15 heavy (non-hydrogen) atoms. The lowest BCUT2D eigenvalue weighted by molar-refractivity contribution is -0.132. The van der Waals surface area contributed by atoms with E-state index in [1.165, 1.54) is 6.08 Å². The van der Waals surface area contributed by atoms with Crippen molar-refractivity contribution < 1.29 is 14.7 Å². The molecule has 0 unspecified atom stereocenters. The monoisotopic (exact) mass is 211 g/mol. The Hall–Kier alpha value is -1.32. The Morgan fingerprint density at radius 2 is 2.07 bits per heavy atom. The van der Waals surface area contributed by atoms with Crippen LogP contribution in [-0.4, -0.2) is 35.0 Å². The summed E-state index contributed by atoms with van der Waals surface area (Å²) < 4.78 is 0. The van der Waals surface area contributed by atoms with Crippen LogP contribution >= 0.6 is 0 Å². The number of hydrogen-bond donors (Lipinski definition) is 1. The molecule has 1 heterocycles. The SMILES string of the molecule is O=C(O)C=CCN1CCCCCCC1=O. The van der Waals surface area contributed by atoms with Gasteiger partial charge in [-0.3, -0.25) is 4.79 Å². The van der Waals surface area contributed by atoms with Crippen LogP contribution in [0.3, 0.4) is 0 Å². The third-order valence-electron chi connectivity index (χ3n) is 2.51. The van der Waals surface area contributed by atoms with Crippen molar-refractivity contribution in [3.05, 3.63) is 12.2 Å². The molecule has 0 bridgehead atoms. The normalized spacial score (nSPS) is 18.9. The van der Waals surface area contributed by atoms with Crippen LogP contribution in [-0.2, 0) is 9.59 Å². The molecule has 1 fully saturated rings. The number of carbonyl (C=O) groups is 2. The molecule has 0 aromatic carbocycles. The predicted molar refractivity (Wildman–Crippen MR) is 56.4 cm³/mol. The Morgan fingerprint density at radius 3 is 2.80 bits per heavy atom. The third kappa shape index (κ3) is 4.63.